The summed E-state index contributed by atoms with van der Waals surface area (Å²) in [7, 11) is 0. The van der Waals surface area contributed by atoms with Crippen molar-refractivity contribution in [3.8, 4) is 11.3 Å². The standard InChI is InChI=1S/C23H26N4O4/c1-15(2)27-22-19(13-25-27)18(11-20(26-22)16-7-4-3-5-8-16)23(29)31-14-21(28)24-12-17-9-6-10-30-17/h3-5,7-8,11,13,15,17H,6,9-10,12,14H2,1-2H3,(H,24,28)/t17-/m1/s1. The molecule has 1 N–H and O–H groups in total. The van der Waals surface area contributed by atoms with Gasteiger partial charge >= 0.3 is 5.97 Å². The minimum Gasteiger partial charge on any atom is -0.452 e. The van der Waals surface area contributed by atoms with E-state index in [-0.39, 0.29) is 24.7 Å². The normalized spacial score (nSPS) is 16.0. The molecule has 0 bridgehead atoms. The van der Waals surface area contributed by atoms with Crippen molar-refractivity contribution >= 4 is 22.9 Å². The molecule has 8 heteroatoms. The van der Waals surface area contributed by atoms with Crippen LogP contribution in [0.1, 0.15) is 43.1 Å². The number of pyridine rings is 1. The highest BCUT2D eigenvalue weighted by Gasteiger charge is 2.21. The Hall–Kier alpha value is -3.26. The van der Waals surface area contributed by atoms with E-state index >= 15 is 0 Å². The number of hydrogen-bond acceptors (Lipinski definition) is 6. The first kappa shape index (κ1) is 21.0. The SMILES string of the molecule is CC(C)n1ncc2c(C(=O)OCC(=O)NC[C@H]3CCCO3)cc(-c3ccccc3)nc21. The van der Waals surface area contributed by atoms with E-state index < -0.39 is 5.97 Å². The van der Waals surface area contributed by atoms with Gasteiger partial charge in [-0.15, -0.1) is 0 Å². The molecule has 1 aromatic carbocycles. The predicted molar refractivity (Wildman–Crippen MR) is 116 cm³/mol. The van der Waals surface area contributed by atoms with E-state index in [1.807, 2.05) is 44.2 Å². The molecular formula is C23H26N4O4. The van der Waals surface area contributed by atoms with Crippen molar-refractivity contribution in [3.05, 3.63) is 48.2 Å². The van der Waals surface area contributed by atoms with Gasteiger partial charge in [-0.05, 0) is 32.8 Å². The smallest absolute Gasteiger partial charge is 0.339 e. The number of aromatic nitrogens is 3. The van der Waals surface area contributed by atoms with Crippen molar-refractivity contribution in [3.63, 3.8) is 0 Å². The number of hydrogen-bond donors (Lipinski definition) is 1. The summed E-state index contributed by atoms with van der Waals surface area (Å²) >= 11 is 0. The van der Waals surface area contributed by atoms with E-state index in [1.165, 1.54) is 0 Å². The second-order valence-corrected chi connectivity index (χ2v) is 7.86. The monoisotopic (exact) mass is 422 g/mol. The number of esters is 1. The molecule has 4 rings (SSSR count). The highest BCUT2D eigenvalue weighted by atomic mass is 16.5. The molecule has 1 aliphatic rings. The molecule has 3 aromatic rings. The Morgan fingerprint density at radius 1 is 1.29 bits per heavy atom. The van der Waals surface area contributed by atoms with Crippen LogP contribution in [0.2, 0.25) is 0 Å². The minimum atomic E-state index is -0.583. The first-order chi connectivity index (χ1) is 15.0. The first-order valence-corrected chi connectivity index (χ1v) is 10.5. The van der Waals surface area contributed by atoms with Crippen LogP contribution in [0.5, 0.6) is 0 Å². The Labute approximate surface area is 180 Å². The fourth-order valence-corrected chi connectivity index (χ4v) is 3.61. The summed E-state index contributed by atoms with van der Waals surface area (Å²) in [6, 6.07) is 11.4. The van der Waals surface area contributed by atoms with Crippen LogP contribution in [0.4, 0.5) is 0 Å². The molecule has 0 aliphatic carbocycles. The van der Waals surface area contributed by atoms with Crippen molar-refractivity contribution in [1.29, 1.82) is 0 Å². The molecule has 1 atom stereocenters. The summed E-state index contributed by atoms with van der Waals surface area (Å²) in [6.07, 6.45) is 3.58. The van der Waals surface area contributed by atoms with Gasteiger partial charge in [0.25, 0.3) is 5.91 Å². The third kappa shape index (κ3) is 4.74. The first-order valence-electron chi connectivity index (χ1n) is 10.5. The Morgan fingerprint density at radius 2 is 2.10 bits per heavy atom. The molecule has 1 amide bonds. The Kier molecular flexibility index (Phi) is 6.27. The van der Waals surface area contributed by atoms with Crippen molar-refractivity contribution in [2.75, 3.05) is 19.8 Å². The van der Waals surface area contributed by atoms with Crippen molar-refractivity contribution in [1.82, 2.24) is 20.1 Å². The number of fused-ring (bicyclic) bond motifs is 1. The van der Waals surface area contributed by atoms with Crippen LogP contribution in [-0.4, -0.2) is 52.5 Å². The Morgan fingerprint density at radius 3 is 2.81 bits per heavy atom. The van der Waals surface area contributed by atoms with Crippen LogP contribution in [0.15, 0.2) is 42.6 Å². The number of nitrogens with zero attached hydrogens (tertiary/aromatic N) is 3. The third-order valence-electron chi connectivity index (χ3n) is 5.23. The van der Waals surface area contributed by atoms with Gasteiger partial charge in [0, 0.05) is 24.8 Å². The fraction of sp³-hybridized carbons (Fsp3) is 0.391. The molecule has 31 heavy (non-hydrogen) atoms. The van der Waals surface area contributed by atoms with Gasteiger partial charge < -0.3 is 14.8 Å². The topological polar surface area (TPSA) is 95.3 Å². The van der Waals surface area contributed by atoms with Gasteiger partial charge in [-0.3, -0.25) is 4.79 Å². The molecule has 162 valence electrons. The maximum atomic E-state index is 12.9. The number of nitrogens with one attached hydrogen (secondary N) is 1. The second kappa shape index (κ2) is 9.26. The lowest BCUT2D eigenvalue weighted by molar-refractivity contribution is -0.124. The van der Waals surface area contributed by atoms with Crippen LogP contribution < -0.4 is 5.32 Å². The van der Waals surface area contributed by atoms with Crippen molar-refractivity contribution in [2.45, 2.75) is 38.8 Å². The minimum absolute atomic E-state index is 0.0368. The molecule has 2 aromatic heterocycles. The highest BCUT2D eigenvalue weighted by Crippen LogP contribution is 2.26. The van der Waals surface area contributed by atoms with Crippen LogP contribution >= 0.6 is 0 Å². The quantitative estimate of drug-likeness (QED) is 0.588. The summed E-state index contributed by atoms with van der Waals surface area (Å²) in [5.41, 5.74) is 2.46. The van der Waals surface area contributed by atoms with Crippen LogP contribution in [0.25, 0.3) is 22.3 Å². The predicted octanol–water partition coefficient (Wildman–Crippen LogP) is 3.13. The fourth-order valence-electron chi connectivity index (χ4n) is 3.61. The molecule has 8 nitrogen and oxygen atoms in total. The van der Waals surface area contributed by atoms with Gasteiger partial charge in [-0.1, -0.05) is 30.3 Å². The molecule has 1 fully saturated rings. The zero-order chi connectivity index (χ0) is 21.8. The average Bonchev–Trinajstić information content (AvgIpc) is 3.45. The molecular weight excluding hydrogens is 396 g/mol. The Bertz CT molecular complexity index is 1070. The summed E-state index contributed by atoms with van der Waals surface area (Å²) in [5.74, 6) is -0.935. The third-order valence-corrected chi connectivity index (χ3v) is 5.23. The Balaban J connectivity index is 1.55. The summed E-state index contributed by atoms with van der Waals surface area (Å²) < 4.78 is 12.6. The lowest BCUT2D eigenvalue weighted by Gasteiger charge is -2.12. The molecule has 3 heterocycles. The molecule has 0 spiro atoms. The van der Waals surface area contributed by atoms with Crippen LogP contribution in [0.3, 0.4) is 0 Å². The number of ether oxygens (including phenoxy) is 2. The zero-order valence-corrected chi connectivity index (χ0v) is 17.7. The molecule has 0 unspecified atom stereocenters. The summed E-state index contributed by atoms with van der Waals surface area (Å²) in [6.45, 7) is 4.80. The van der Waals surface area contributed by atoms with E-state index in [2.05, 4.69) is 10.4 Å². The van der Waals surface area contributed by atoms with Gasteiger partial charge in [0.05, 0.1) is 28.9 Å². The van der Waals surface area contributed by atoms with Gasteiger partial charge in [0.1, 0.15) is 0 Å². The number of benzene rings is 1. The lowest BCUT2D eigenvalue weighted by Crippen LogP contribution is -2.34. The lowest BCUT2D eigenvalue weighted by atomic mass is 10.1. The highest BCUT2D eigenvalue weighted by molar-refractivity contribution is 6.04. The molecule has 0 saturated carbocycles. The second-order valence-electron chi connectivity index (χ2n) is 7.86. The summed E-state index contributed by atoms with van der Waals surface area (Å²) in [4.78, 5) is 29.7. The van der Waals surface area contributed by atoms with Crippen molar-refractivity contribution < 1.29 is 19.1 Å². The van der Waals surface area contributed by atoms with E-state index in [1.54, 1.807) is 16.9 Å². The van der Waals surface area contributed by atoms with E-state index in [0.29, 0.717) is 28.8 Å². The van der Waals surface area contributed by atoms with Crippen LogP contribution in [-0.2, 0) is 14.3 Å². The number of carbonyl (C=O) groups is 2. The molecule has 1 aliphatic heterocycles. The largest absolute Gasteiger partial charge is 0.452 e. The van der Waals surface area contributed by atoms with Gasteiger partial charge in [-0.2, -0.15) is 5.10 Å². The maximum Gasteiger partial charge on any atom is 0.339 e. The van der Waals surface area contributed by atoms with Gasteiger partial charge in [0.2, 0.25) is 0 Å². The van der Waals surface area contributed by atoms with E-state index in [4.69, 9.17) is 14.5 Å². The summed E-state index contributed by atoms with van der Waals surface area (Å²) in [5, 5.41) is 7.75. The zero-order valence-electron chi connectivity index (χ0n) is 17.7. The maximum absolute atomic E-state index is 12.9. The van der Waals surface area contributed by atoms with E-state index in [9.17, 15) is 9.59 Å². The van der Waals surface area contributed by atoms with Crippen LogP contribution in [0, 0.1) is 0 Å². The van der Waals surface area contributed by atoms with Crippen molar-refractivity contribution in [2.24, 2.45) is 0 Å². The number of carbonyl (C=O) groups excluding carboxylic acids is 2. The van der Waals surface area contributed by atoms with Gasteiger partial charge in [-0.25, -0.2) is 14.5 Å². The number of amides is 1. The average molecular weight is 422 g/mol. The van der Waals surface area contributed by atoms with Gasteiger partial charge in [0.15, 0.2) is 12.3 Å². The molecule has 1 saturated heterocycles. The molecule has 0 radical (unpaired) electrons. The van der Waals surface area contributed by atoms with E-state index in [0.717, 1.165) is 25.0 Å². The number of rotatable bonds is 7.